The van der Waals surface area contributed by atoms with Crippen LogP contribution in [0.4, 0.5) is 13.2 Å². The first-order chi connectivity index (χ1) is 17.1. The van der Waals surface area contributed by atoms with Gasteiger partial charge in [0, 0.05) is 45.4 Å². The molecular weight excluding hydrogens is 479 g/mol. The van der Waals surface area contributed by atoms with Crippen LogP contribution in [-0.2, 0) is 26.8 Å². The van der Waals surface area contributed by atoms with Crippen LogP contribution in [0.1, 0.15) is 35.2 Å². The van der Waals surface area contributed by atoms with E-state index in [9.17, 15) is 18.0 Å². The Morgan fingerprint density at radius 1 is 1.25 bits per heavy atom. The first kappa shape index (κ1) is 23.8. The summed E-state index contributed by atoms with van der Waals surface area (Å²) in [5, 5.41) is 7.81. The molecule has 1 fully saturated rings. The molecule has 4 aromatic heterocycles. The molecule has 0 N–H and O–H groups in total. The number of alkyl halides is 3. The van der Waals surface area contributed by atoms with Gasteiger partial charge in [0.15, 0.2) is 16.9 Å². The number of carbonyl (C=O) groups is 1. The number of halogens is 3. The van der Waals surface area contributed by atoms with Crippen molar-refractivity contribution in [2.45, 2.75) is 39.1 Å². The zero-order chi connectivity index (χ0) is 25.8. The number of nitrogens with zero attached hydrogens (tertiary/aromatic N) is 9. The maximum atomic E-state index is 13.0. The average Bonchev–Trinajstić information content (AvgIpc) is 3.60. The molecule has 0 unspecified atom stereocenters. The van der Waals surface area contributed by atoms with Crippen LogP contribution in [0.3, 0.4) is 0 Å². The van der Waals surface area contributed by atoms with E-state index < -0.39 is 23.9 Å². The van der Waals surface area contributed by atoms with Crippen molar-refractivity contribution in [3.63, 3.8) is 0 Å². The van der Waals surface area contributed by atoms with Gasteiger partial charge in [-0.1, -0.05) is 0 Å². The zero-order valence-electron chi connectivity index (χ0n) is 20.1. The molecule has 36 heavy (non-hydrogen) atoms. The highest BCUT2D eigenvalue weighted by Gasteiger charge is 2.37. The van der Waals surface area contributed by atoms with Gasteiger partial charge in [-0.3, -0.25) is 14.2 Å². The van der Waals surface area contributed by atoms with E-state index in [-0.39, 0.29) is 18.1 Å². The molecule has 0 radical (unpaired) electrons. The van der Waals surface area contributed by atoms with Gasteiger partial charge in [0.1, 0.15) is 23.9 Å². The minimum Gasteiger partial charge on any atom is -0.471 e. The third-order valence-electron chi connectivity index (χ3n) is 6.37. The van der Waals surface area contributed by atoms with Crippen LogP contribution < -0.4 is 4.74 Å². The lowest BCUT2D eigenvalue weighted by atomic mass is 10.2. The van der Waals surface area contributed by atoms with E-state index in [0.717, 1.165) is 28.6 Å². The number of fused-ring (bicyclic) bond motifs is 1. The Bertz CT molecular complexity index is 1450. The van der Waals surface area contributed by atoms with Crippen molar-refractivity contribution in [2.24, 2.45) is 14.1 Å². The van der Waals surface area contributed by atoms with Crippen molar-refractivity contribution in [1.29, 1.82) is 0 Å². The average molecular weight is 503 g/mol. The molecule has 0 aliphatic carbocycles. The molecule has 190 valence electrons. The summed E-state index contributed by atoms with van der Waals surface area (Å²) < 4.78 is 49.8. The first-order valence-corrected chi connectivity index (χ1v) is 11.4. The highest BCUT2D eigenvalue weighted by Crippen LogP contribution is 2.31. The highest BCUT2D eigenvalue weighted by atomic mass is 19.4. The number of hydrogen-bond donors (Lipinski definition) is 0. The molecule has 4 aromatic rings. The van der Waals surface area contributed by atoms with Crippen molar-refractivity contribution in [1.82, 2.24) is 44.0 Å². The number of carbonyl (C=O) groups excluding carboxylic acids is 1. The summed E-state index contributed by atoms with van der Waals surface area (Å²) in [6, 6.07) is 0.766. The van der Waals surface area contributed by atoms with E-state index in [1.54, 1.807) is 6.20 Å². The van der Waals surface area contributed by atoms with Gasteiger partial charge in [0.2, 0.25) is 5.88 Å². The van der Waals surface area contributed by atoms with Crippen LogP contribution in [0.15, 0.2) is 18.6 Å². The molecule has 1 aliphatic heterocycles. The maximum Gasteiger partial charge on any atom is 0.435 e. The molecule has 0 spiro atoms. The molecule has 11 nitrogen and oxygen atoms in total. The number of hydrogen-bond acceptors (Lipinski definition) is 7. The second-order valence-electron chi connectivity index (χ2n) is 8.62. The van der Waals surface area contributed by atoms with E-state index >= 15 is 0 Å². The Morgan fingerprint density at radius 2 is 2.03 bits per heavy atom. The lowest BCUT2D eigenvalue weighted by molar-refractivity contribution is -0.141. The summed E-state index contributed by atoms with van der Waals surface area (Å²) in [4.78, 5) is 27.7. The smallest absolute Gasteiger partial charge is 0.435 e. The van der Waals surface area contributed by atoms with E-state index in [2.05, 4.69) is 20.2 Å². The number of aromatic nitrogens is 8. The molecule has 5 heterocycles. The lowest BCUT2D eigenvalue weighted by Crippen LogP contribution is -2.32. The van der Waals surface area contributed by atoms with Crippen LogP contribution in [0.25, 0.3) is 22.6 Å². The van der Waals surface area contributed by atoms with Gasteiger partial charge in [-0.05, 0) is 13.8 Å². The number of imidazole rings is 1. The van der Waals surface area contributed by atoms with Crippen molar-refractivity contribution in [3.05, 3.63) is 35.7 Å². The monoisotopic (exact) mass is 503 g/mol. The van der Waals surface area contributed by atoms with Gasteiger partial charge in [0.05, 0.1) is 18.3 Å². The SMILES string of the molecule is CCn1ncc(-c2nc3c(O[C@H]4CCN(C(=O)c5cc(C(F)(F)F)nn5C)C4)ncnc3n2C)c1C. The van der Waals surface area contributed by atoms with Crippen molar-refractivity contribution in [3.8, 4) is 17.3 Å². The molecule has 0 bridgehead atoms. The molecule has 14 heteroatoms. The predicted octanol–water partition coefficient (Wildman–Crippen LogP) is 2.60. The second kappa shape index (κ2) is 8.60. The number of ether oxygens (including phenoxy) is 1. The van der Waals surface area contributed by atoms with Crippen molar-refractivity contribution < 1.29 is 22.7 Å². The van der Waals surface area contributed by atoms with Gasteiger partial charge >= 0.3 is 6.18 Å². The topological polar surface area (TPSA) is 109 Å². The predicted molar refractivity (Wildman–Crippen MR) is 121 cm³/mol. The van der Waals surface area contributed by atoms with Crippen molar-refractivity contribution in [2.75, 3.05) is 13.1 Å². The standard InChI is InChI=1S/C22H24F3N9O2/c1-5-34-12(2)14(9-28-34)18-29-17-19(31(18)3)26-11-27-20(17)36-13-6-7-33(10-13)21(35)15-8-16(22(23,24)25)30-32(15)4/h8-9,11,13H,5-7,10H2,1-4H3/t13-/m0/s1. The molecule has 1 saturated heterocycles. The number of likely N-dealkylation sites (tertiary alicyclic amines) is 1. The third kappa shape index (κ3) is 3.95. The first-order valence-electron chi connectivity index (χ1n) is 11.4. The minimum atomic E-state index is -4.62. The Hall–Kier alpha value is -3.97. The van der Waals surface area contributed by atoms with Gasteiger partial charge in [-0.15, -0.1) is 0 Å². The molecule has 5 rings (SSSR count). The van der Waals surface area contributed by atoms with Crippen LogP contribution in [0.2, 0.25) is 0 Å². The Balaban J connectivity index is 1.36. The summed E-state index contributed by atoms with van der Waals surface area (Å²) in [7, 11) is 3.16. The Labute approximate surface area is 203 Å². The van der Waals surface area contributed by atoms with E-state index in [0.29, 0.717) is 30.0 Å². The summed E-state index contributed by atoms with van der Waals surface area (Å²) in [6.45, 7) is 5.23. The molecule has 1 aliphatic rings. The number of rotatable bonds is 5. The fraction of sp³-hybridized carbons (Fsp3) is 0.455. The Kier molecular flexibility index (Phi) is 5.68. The Morgan fingerprint density at radius 3 is 2.69 bits per heavy atom. The van der Waals surface area contributed by atoms with Gasteiger partial charge in [0.25, 0.3) is 5.91 Å². The highest BCUT2D eigenvalue weighted by molar-refractivity contribution is 5.93. The lowest BCUT2D eigenvalue weighted by Gasteiger charge is -2.17. The molecule has 1 atom stereocenters. The maximum absolute atomic E-state index is 13.0. The summed E-state index contributed by atoms with van der Waals surface area (Å²) >= 11 is 0. The van der Waals surface area contributed by atoms with Crippen LogP contribution in [0.5, 0.6) is 5.88 Å². The number of amides is 1. The molecular formula is C22H24F3N9O2. The van der Waals surface area contributed by atoms with Gasteiger partial charge in [-0.25, -0.2) is 9.97 Å². The summed E-state index contributed by atoms with van der Waals surface area (Å²) in [5.41, 5.74) is 1.67. The summed E-state index contributed by atoms with van der Waals surface area (Å²) in [5.74, 6) is 0.414. The molecule has 1 amide bonds. The van der Waals surface area contributed by atoms with Crippen LogP contribution >= 0.6 is 0 Å². The molecule has 0 aromatic carbocycles. The van der Waals surface area contributed by atoms with Crippen LogP contribution in [-0.4, -0.2) is 69.1 Å². The van der Waals surface area contributed by atoms with Gasteiger partial charge < -0.3 is 14.2 Å². The van der Waals surface area contributed by atoms with Crippen LogP contribution in [0, 0.1) is 6.92 Å². The van der Waals surface area contributed by atoms with Gasteiger partial charge in [-0.2, -0.15) is 28.4 Å². The fourth-order valence-corrected chi connectivity index (χ4v) is 4.43. The third-order valence-corrected chi connectivity index (χ3v) is 6.37. The summed E-state index contributed by atoms with van der Waals surface area (Å²) in [6.07, 6.45) is -1.39. The van der Waals surface area contributed by atoms with Crippen molar-refractivity contribution >= 4 is 17.1 Å². The minimum absolute atomic E-state index is 0.134. The van der Waals surface area contributed by atoms with E-state index in [4.69, 9.17) is 9.72 Å². The fourth-order valence-electron chi connectivity index (χ4n) is 4.43. The number of aryl methyl sites for hydroxylation is 3. The van der Waals surface area contributed by atoms with E-state index in [1.807, 2.05) is 30.1 Å². The largest absolute Gasteiger partial charge is 0.471 e. The quantitative estimate of drug-likeness (QED) is 0.412. The second-order valence-corrected chi connectivity index (χ2v) is 8.62. The normalized spacial score (nSPS) is 16.3. The zero-order valence-corrected chi connectivity index (χ0v) is 20.1. The van der Waals surface area contributed by atoms with E-state index in [1.165, 1.54) is 18.3 Å². The molecule has 0 saturated carbocycles.